The summed E-state index contributed by atoms with van der Waals surface area (Å²) < 4.78 is 27.5. The molecule has 0 amide bonds. The molecule has 3 aliphatic rings. The first-order valence-corrected chi connectivity index (χ1v) is 10.7. The number of benzene rings is 1. The van der Waals surface area contributed by atoms with Gasteiger partial charge in [-0.2, -0.15) is 0 Å². The fourth-order valence-corrected chi connectivity index (χ4v) is 6.07. The molecule has 3 aliphatic heterocycles. The summed E-state index contributed by atoms with van der Waals surface area (Å²) in [7, 11) is -3.21. The van der Waals surface area contributed by atoms with E-state index < -0.39 is 10.0 Å². The Balaban J connectivity index is 1.31. The predicted molar refractivity (Wildman–Crippen MR) is 96.9 cm³/mol. The standard InChI is InChI=1S/C18H27N3O2S/c22-24(23,21-11-8-16-6-2-3-7-18(16)21)17-14-20(15-17)13-12-19-9-4-1-5-10-19/h2-3,6-7,17H,1,4-5,8-15H2. The molecule has 0 aromatic heterocycles. The van der Waals surface area contributed by atoms with Crippen molar-refractivity contribution < 1.29 is 8.42 Å². The lowest BCUT2D eigenvalue weighted by atomic mass is 10.1. The molecule has 0 bridgehead atoms. The maximum absolute atomic E-state index is 12.9. The second-order valence-electron chi connectivity index (χ2n) is 7.28. The van der Waals surface area contributed by atoms with Crippen LogP contribution in [0.5, 0.6) is 0 Å². The minimum atomic E-state index is -3.21. The zero-order valence-electron chi connectivity index (χ0n) is 14.2. The molecule has 3 heterocycles. The zero-order valence-corrected chi connectivity index (χ0v) is 15.0. The van der Waals surface area contributed by atoms with Crippen molar-refractivity contribution in [2.75, 3.05) is 50.1 Å². The number of hydrogen-bond acceptors (Lipinski definition) is 4. The first-order chi connectivity index (χ1) is 11.6. The third kappa shape index (κ3) is 3.07. The normalized spacial score (nSPS) is 23.2. The molecular weight excluding hydrogens is 322 g/mol. The van der Waals surface area contributed by atoms with Crippen LogP contribution in [0.2, 0.25) is 0 Å². The summed E-state index contributed by atoms with van der Waals surface area (Å²) in [6.45, 7) is 6.48. The van der Waals surface area contributed by atoms with Gasteiger partial charge in [0.15, 0.2) is 0 Å². The summed E-state index contributed by atoms with van der Waals surface area (Å²) in [4.78, 5) is 4.81. The average molecular weight is 350 g/mol. The molecule has 0 atom stereocenters. The topological polar surface area (TPSA) is 43.9 Å². The third-order valence-corrected chi connectivity index (χ3v) is 7.81. The molecule has 0 saturated carbocycles. The number of hydrogen-bond donors (Lipinski definition) is 0. The summed E-state index contributed by atoms with van der Waals surface area (Å²) in [6.07, 6.45) is 4.81. The molecule has 2 saturated heterocycles. The maximum atomic E-state index is 12.9. The molecule has 132 valence electrons. The lowest BCUT2D eigenvalue weighted by Crippen LogP contribution is -2.59. The average Bonchev–Trinajstić information content (AvgIpc) is 2.99. The van der Waals surface area contributed by atoms with Gasteiger partial charge in [-0.3, -0.25) is 9.21 Å². The highest BCUT2D eigenvalue weighted by molar-refractivity contribution is 7.93. The second kappa shape index (κ2) is 6.65. The number of fused-ring (bicyclic) bond motifs is 1. The smallest absolute Gasteiger partial charge is 0.240 e. The van der Waals surface area contributed by atoms with Gasteiger partial charge in [0.05, 0.1) is 5.69 Å². The van der Waals surface area contributed by atoms with Crippen LogP contribution in [0.4, 0.5) is 5.69 Å². The van der Waals surface area contributed by atoms with Crippen LogP contribution in [0, 0.1) is 0 Å². The Bertz CT molecular complexity index is 679. The zero-order chi connectivity index (χ0) is 16.6. The highest BCUT2D eigenvalue weighted by atomic mass is 32.2. The lowest BCUT2D eigenvalue weighted by Gasteiger charge is -2.41. The van der Waals surface area contributed by atoms with Crippen molar-refractivity contribution in [1.29, 1.82) is 0 Å². The third-order valence-electron chi connectivity index (χ3n) is 5.68. The fraction of sp³-hybridized carbons (Fsp3) is 0.667. The molecule has 0 unspecified atom stereocenters. The lowest BCUT2D eigenvalue weighted by molar-refractivity contribution is 0.140. The molecule has 0 N–H and O–H groups in total. The van der Waals surface area contributed by atoms with Crippen LogP contribution >= 0.6 is 0 Å². The van der Waals surface area contributed by atoms with Crippen LogP contribution in [0.15, 0.2) is 24.3 Å². The molecular formula is C18H27N3O2S. The van der Waals surface area contributed by atoms with Crippen molar-refractivity contribution in [1.82, 2.24) is 9.80 Å². The Kier molecular flexibility index (Phi) is 4.54. The molecule has 1 aromatic rings. The van der Waals surface area contributed by atoms with Gasteiger partial charge in [0.2, 0.25) is 10.0 Å². The quantitative estimate of drug-likeness (QED) is 0.809. The van der Waals surface area contributed by atoms with Crippen molar-refractivity contribution in [3.8, 4) is 0 Å². The van der Waals surface area contributed by atoms with E-state index in [1.165, 1.54) is 32.4 Å². The van der Waals surface area contributed by atoms with Gasteiger partial charge in [0.1, 0.15) is 5.25 Å². The Labute approximate surface area is 145 Å². The van der Waals surface area contributed by atoms with Crippen molar-refractivity contribution in [2.45, 2.75) is 30.9 Å². The predicted octanol–water partition coefficient (Wildman–Crippen LogP) is 1.55. The molecule has 0 radical (unpaired) electrons. The Morgan fingerprint density at radius 3 is 2.42 bits per heavy atom. The number of nitrogens with zero attached hydrogens (tertiary/aromatic N) is 3. The van der Waals surface area contributed by atoms with E-state index in [1.807, 2.05) is 24.3 Å². The molecule has 2 fully saturated rings. The van der Waals surface area contributed by atoms with Crippen molar-refractivity contribution in [2.24, 2.45) is 0 Å². The van der Waals surface area contributed by atoms with E-state index in [1.54, 1.807) is 4.31 Å². The van der Waals surface area contributed by atoms with Crippen molar-refractivity contribution >= 4 is 15.7 Å². The first-order valence-electron chi connectivity index (χ1n) is 9.19. The van der Waals surface area contributed by atoms with Gasteiger partial charge in [-0.25, -0.2) is 8.42 Å². The largest absolute Gasteiger partial charge is 0.302 e. The number of rotatable bonds is 5. The van der Waals surface area contributed by atoms with Gasteiger partial charge in [-0.15, -0.1) is 0 Å². The molecule has 6 heteroatoms. The Morgan fingerprint density at radius 2 is 1.62 bits per heavy atom. The highest BCUT2D eigenvalue weighted by Gasteiger charge is 2.42. The van der Waals surface area contributed by atoms with Crippen molar-refractivity contribution in [3.05, 3.63) is 29.8 Å². The van der Waals surface area contributed by atoms with E-state index in [4.69, 9.17) is 0 Å². The monoisotopic (exact) mass is 349 g/mol. The molecule has 0 aliphatic carbocycles. The van der Waals surface area contributed by atoms with Gasteiger partial charge in [0.25, 0.3) is 0 Å². The van der Waals surface area contributed by atoms with E-state index in [2.05, 4.69) is 9.80 Å². The number of sulfonamides is 1. The van der Waals surface area contributed by atoms with Crippen LogP contribution in [-0.4, -0.2) is 69.3 Å². The number of piperidine rings is 1. The summed E-state index contributed by atoms with van der Waals surface area (Å²) in [5, 5.41) is -0.231. The van der Waals surface area contributed by atoms with E-state index in [0.717, 1.165) is 30.8 Å². The number of anilines is 1. The number of likely N-dealkylation sites (tertiary alicyclic amines) is 2. The van der Waals surface area contributed by atoms with Crippen molar-refractivity contribution in [3.63, 3.8) is 0 Å². The summed E-state index contributed by atoms with van der Waals surface area (Å²) >= 11 is 0. The van der Waals surface area contributed by atoms with E-state index in [0.29, 0.717) is 19.6 Å². The van der Waals surface area contributed by atoms with Gasteiger partial charge in [-0.05, 0) is 44.0 Å². The number of para-hydroxylation sites is 1. The van der Waals surface area contributed by atoms with E-state index >= 15 is 0 Å². The second-order valence-corrected chi connectivity index (χ2v) is 9.42. The fourth-order valence-electron chi connectivity index (χ4n) is 4.11. The molecule has 1 aromatic carbocycles. The van der Waals surface area contributed by atoms with Gasteiger partial charge in [0, 0.05) is 32.7 Å². The first kappa shape index (κ1) is 16.4. The Hall–Kier alpha value is -1.11. The van der Waals surface area contributed by atoms with Crippen LogP contribution in [0.1, 0.15) is 24.8 Å². The minimum Gasteiger partial charge on any atom is -0.302 e. The highest BCUT2D eigenvalue weighted by Crippen LogP contribution is 2.33. The van der Waals surface area contributed by atoms with Gasteiger partial charge < -0.3 is 4.90 Å². The summed E-state index contributed by atoms with van der Waals surface area (Å²) in [6, 6.07) is 7.89. The summed E-state index contributed by atoms with van der Waals surface area (Å²) in [5.74, 6) is 0. The van der Waals surface area contributed by atoms with Crippen LogP contribution in [0.25, 0.3) is 0 Å². The van der Waals surface area contributed by atoms with Gasteiger partial charge >= 0.3 is 0 Å². The molecule has 5 nitrogen and oxygen atoms in total. The van der Waals surface area contributed by atoms with Gasteiger partial charge in [-0.1, -0.05) is 24.6 Å². The minimum absolute atomic E-state index is 0.231. The SMILES string of the molecule is O=S(=O)(C1CN(CCN2CCCCC2)C1)N1CCc2ccccc21. The van der Waals surface area contributed by atoms with Crippen LogP contribution in [0.3, 0.4) is 0 Å². The van der Waals surface area contributed by atoms with Crippen LogP contribution in [-0.2, 0) is 16.4 Å². The molecule has 4 rings (SSSR count). The van der Waals surface area contributed by atoms with E-state index in [-0.39, 0.29) is 5.25 Å². The Morgan fingerprint density at radius 1 is 0.917 bits per heavy atom. The van der Waals surface area contributed by atoms with E-state index in [9.17, 15) is 8.42 Å². The molecule has 0 spiro atoms. The summed E-state index contributed by atoms with van der Waals surface area (Å²) in [5.41, 5.74) is 2.05. The maximum Gasteiger partial charge on any atom is 0.240 e. The van der Waals surface area contributed by atoms with Crippen LogP contribution < -0.4 is 4.31 Å². The molecule has 24 heavy (non-hydrogen) atoms.